The minimum Gasteiger partial charge on any atom is -0.381 e. The number of carbonyl (C=O) groups excluding carboxylic acids is 1. The van der Waals surface area contributed by atoms with E-state index in [1.54, 1.807) is 6.07 Å². The molecule has 2 fully saturated rings. The van der Waals surface area contributed by atoms with Crippen LogP contribution in [0.3, 0.4) is 0 Å². The molecule has 0 bridgehead atoms. The Morgan fingerprint density at radius 2 is 2.24 bits per heavy atom. The van der Waals surface area contributed by atoms with Gasteiger partial charge in [0.1, 0.15) is 10.8 Å². The first-order valence-electron chi connectivity index (χ1n) is 8.38. The molecular formula is C17H19FN4O2S. The number of carbonyl (C=O) groups is 1. The highest BCUT2D eigenvalue weighted by Crippen LogP contribution is 2.29. The average molecular weight is 362 g/mol. The van der Waals surface area contributed by atoms with Gasteiger partial charge in [0.15, 0.2) is 0 Å². The van der Waals surface area contributed by atoms with Gasteiger partial charge in [-0.3, -0.25) is 5.32 Å². The zero-order chi connectivity index (χ0) is 17.2. The Morgan fingerprint density at radius 3 is 3.12 bits per heavy atom. The highest BCUT2D eigenvalue weighted by atomic mass is 32.1. The molecule has 0 saturated carbocycles. The van der Waals surface area contributed by atoms with Crippen LogP contribution < -0.4 is 5.32 Å². The fourth-order valence-electron chi connectivity index (χ4n) is 3.41. The van der Waals surface area contributed by atoms with Gasteiger partial charge in [-0.05, 0) is 30.0 Å². The van der Waals surface area contributed by atoms with Gasteiger partial charge in [-0.1, -0.05) is 23.5 Å². The Balaban J connectivity index is 1.35. The number of benzene rings is 1. The van der Waals surface area contributed by atoms with E-state index < -0.39 is 0 Å². The molecule has 2 aliphatic rings. The van der Waals surface area contributed by atoms with Gasteiger partial charge in [0.25, 0.3) is 0 Å². The Kier molecular flexibility index (Phi) is 4.63. The van der Waals surface area contributed by atoms with Crippen molar-refractivity contribution in [3.63, 3.8) is 0 Å². The van der Waals surface area contributed by atoms with E-state index >= 15 is 0 Å². The Hall–Kier alpha value is -2.06. The van der Waals surface area contributed by atoms with Crippen molar-refractivity contribution in [2.45, 2.75) is 12.8 Å². The monoisotopic (exact) mass is 362 g/mol. The number of nitrogens with zero attached hydrogens (tertiary/aromatic N) is 3. The maximum absolute atomic E-state index is 13.2. The molecule has 8 heteroatoms. The van der Waals surface area contributed by atoms with Gasteiger partial charge >= 0.3 is 6.03 Å². The van der Waals surface area contributed by atoms with Crippen LogP contribution in [0.25, 0.3) is 0 Å². The summed E-state index contributed by atoms with van der Waals surface area (Å²) in [5.41, 5.74) is 0.831. The molecule has 2 aromatic rings. The zero-order valence-corrected chi connectivity index (χ0v) is 14.5. The number of hydrogen-bond donors (Lipinski definition) is 1. The van der Waals surface area contributed by atoms with E-state index in [1.165, 1.54) is 23.5 Å². The molecule has 0 aliphatic carbocycles. The summed E-state index contributed by atoms with van der Waals surface area (Å²) >= 11 is 1.32. The lowest BCUT2D eigenvalue weighted by Gasteiger charge is -2.33. The topological polar surface area (TPSA) is 67.4 Å². The number of amides is 2. The zero-order valence-electron chi connectivity index (χ0n) is 13.7. The normalized spacial score (nSPS) is 22.7. The lowest BCUT2D eigenvalue weighted by atomic mass is 9.89. The van der Waals surface area contributed by atoms with E-state index in [1.807, 2.05) is 11.0 Å². The summed E-state index contributed by atoms with van der Waals surface area (Å²) in [6.45, 7) is 3.03. The largest absolute Gasteiger partial charge is 0.381 e. The molecule has 25 heavy (non-hydrogen) atoms. The van der Waals surface area contributed by atoms with Crippen molar-refractivity contribution in [2.24, 2.45) is 11.8 Å². The van der Waals surface area contributed by atoms with Crippen LogP contribution in [0.4, 0.5) is 14.3 Å². The van der Waals surface area contributed by atoms with Gasteiger partial charge in [-0.15, -0.1) is 10.2 Å². The lowest BCUT2D eigenvalue weighted by Crippen LogP contribution is -2.45. The highest BCUT2D eigenvalue weighted by Gasteiger charge is 2.35. The van der Waals surface area contributed by atoms with Crippen LogP contribution in [0, 0.1) is 17.7 Å². The molecule has 1 N–H and O–H groups in total. The summed E-state index contributed by atoms with van der Waals surface area (Å²) in [6.07, 6.45) is 1.48. The molecule has 0 radical (unpaired) electrons. The number of rotatable bonds is 3. The van der Waals surface area contributed by atoms with Gasteiger partial charge in [-0.25, -0.2) is 9.18 Å². The Bertz CT molecular complexity index is 769. The third-order valence-electron chi connectivity index (χ3n) is 4.77. The minimum absolute atomic E-state index is 0.140. The highest BCUT2D eigenvalue weighted by molar-refractivity contribution is 7.15. The number of ether oxygens (including phenoxy) is 1. The van der Waals surface area contributed by atoms with Crippen LogP contribution in [0.15, 0.2) is 24.3 Å². The second-order valence-electron chi connectivity index (χ2n) is 6.53. The van der Waals surface area contributed by atoms with Crippen molar-refractivity contribution < 1.29 is 13.9 Å². The number of anilines is 1. The van der Waals surface area contributed by atoms with Crippen LogP contribution in [-0.4, -0.2) is 47.4 Å². The van der Waals surface area contributed by atoms with Gasteiger partial charge in [0.05, 0.1) is 6.61 Å². The number of piperidine rings is 1. The van der Waals surface area contributed by atoms with Crippen LogP contribution in [0.1, 0.15) is 17.0 Å². The summed E-state index contributed by atoms with van der Waals surface area (Å²) in [4.78, 5) is 14.3. The second-order valence-corrected chi connectivity index (χ2v) is 7.59. The Morgan fingerprint density at radius 1 is 1.36 bits per heavy atom. The smallest absolute Gasteiger partial charge is 0.323 e. The average Bonchev–Trinajstić information content (AvgIpc) is 3.23. The van der Waals surface area contributed by atoms with Gasteiger partial charge in [0, 0.05) is 32.0 Å². The molecule has 2 aliphatic heterocycles. The molecule has 2 atom stereocenters. The third kappa shape index (κ3) is 3.80. The third-order valence-corrected chi connectivity index (χ3v) is 5.61. The van der Waals surface area contributed by atoms with E-state index in [0.717, 1.165) is 43.3 Å². The molecule has 3 heterocycles. The first kappa shape index (κ1) is 16.4. The number of fused-ring (bicyclic) bond motifs is 1. The van der Waals surface area contributed by atoms with E-state index in [-0.39, 0.29) is 11.8 Å². The summed E-state index contributed by atoms with van der Waals surface area (Å²) in [7, 11) is 0. The number of urea groups is 1. The van der Waals surface area contributed by atoms with Crippen molar-refractivity contribution in [1.29, 1.82) is 0 Å². The summed E-state index contributed by atoms with van der Waals surface area (Å²) < 4.78 is 18.7. The van der Waals surface area contributed by atoms with Gasteiger partial charge in [0.2, 0.25) is 5.13 Å². The molecule has 1 aromatic carbocycles. The van der Waals surface area contributed by atoms with Gasteiger partial charge in [-0.2, -0.15) is 0 Å². The van der Waals surface area contributed by atoms with Crippen molar-refractivity contribution in [1.82, 2.24) is 15.1 Å². The molecule has 0 spiro atoms. The molecular weight excluding hydrogens is 343 g/mol. The van der Waals surface area contributed by atoms with E-state index in [2.05, 4.69) is 15.5 Å². The minimum atomic E-state index is -0.269. The molecule has 2 amide bonds. The predicted octanol–water partition coefficient (Wildman–Crippen LogP) is 2.77. The van der Waals surface area contributed by atoms with Gasteiger partial charge < -0.3 is 9.64 Å². The molecule has 6 nitrogen and oxygen atoms in total. The fourth-order valence-corrected chi connectivity index (χ4v) is 4.18. The van der Waals surface area contributed by atoms with Crippen LogP contribution in [0.5, 0.6) is 0 Å². The number of nitrogens with one attached hydrogen (secondary N) is 1. The number of hydrogen-bond acceptors (Lipinski definition) is 5. The van der Waals surface area contributed by atoms with E-state index in [9.17, 15) is 9.18 Å². The molecule has 2 saturated heterocycles. The molecule has 4 rings (SSSR count). The van der Waals surface area contributed by atoms with Crippen molar-refractivity contribution in [3.05, 3.63) is 40.7 Å². The van der Waals surface area contributed by atoms with Crippen LogP contribution in [0.2, 0.25) is 0 Å². The fraction of sp³-hybridized carbons (Fsp3) is 0.471. The molecule has 1 aromatic heterocycles. The summed E-state index contributed by atoms with van der Waals surface area (Å²) in [6, 6.07) is 6.27. The van der Waals surface area contributed by atoms with E-state index in [0.29, 0.717) is 23.4 Å². The van der Waals surface area contributed by atoms with Crippen molar-refractivity contribution >= 4 is 22.5 Å². The van der Waals surface area contributed by atoms with Crippen molar-refractivity contribution in [2.75, 3.05) is 31.6 Å². The first-order valence-corrected chi connectivity index (χ1v) is 9.19. The second kappa shape index (κ2) is 7.05. The summed E-state index contributed by atoms with van der Waals surface area (Å²) in [5.74, 6) is 0.760. The predicted molar refractivity (Wildman–Crippen MR) is 92.1 cm³/mol. The first-order chi connectivity index (χ1) is 12.2. The summed E-state index contributed by atoms with van der Waals surface area (Å²) in [5, 5.41) is 12.2. The SMILES string of the molecule is O=C(Nc1nnc(Cc2cccc(F)c2)s1)N1CCC2COCC2C1. The molecule has 2 unspecified atom stereocenters. The van der Waals surface area contributed by atoms with Crippen molar-refractivity contribution in [3.8, 4) is 0 Å². The number of halogens is 1. The number of likely N-dealkylation sites (tertiary alicyclic amines) is 1. The lowest BCUT2D eigenvalue weighted by molar-refractivity contribution is 0.160. The van der Waals surface area contributed by atoms with Crippen LogP contribution >= 0.6 is 11.3 Å². The maximum Gasteiger partial charge on any atom is 0.323 e. The standard InChI is InChI=1S/C17H19FN4O2S/c18-14-3-1-2-11(6-14)7-15-20-21-16(25-15)19-17(23)22-5-4-12-9-24-10-13(12)8-22/h1-3,6,12-13H,4-5,7-10H2,(H,19,21,23). The number of aromatic nitrogens is 2. The molecule has 132 valence electrons. The van der Waals surface area contributed by atoms with Crippen LogP contribution in [-0.2, 0) is 11.2 Å². The van der Waals surface area contributed by atoms with E-state index in [4.69, 9.17) is 4.74 Å². The Labute approximate surface area is 149 Å². The maximum atomic E-state index is 13.2. The quantitative estimate of drug-likeness (QED) is 0.912.